The summed E-state index contributed by atoms with van der Waals surface area (Å²) in [6.45, 7) is 3.76. The number of anilines is 2. The van der Waals surface area contributed by atoms with Crippen LogP contribution in [-0.2, 0) is 11.2 Å². The molecule has 2 aromatic rings. The number of nitrogens with one attached hydrogen (secondary N) is 1. The Morgan fingerprint density at radius 1 is 1.24 bits per heavy atom. The maximum absolute atomic E-state index is 12.1. The van der Waals surface area contributed by atoms with E-state index in [2.05, 4.69) is 12.2 Å². The van der Waals surface area contributed by atoms with Crippen LogP contribution >= 0.6 is 0 Å². The van der Waals surface area contributed by atoms with Gasteiger partial charge < -0.3 is 15.8 Å². The number of ether oxygens (including phenoxy) is 1. The van der Waals surface area contributed by atoms with Gasteiger partial charge >= 0.3 is 0 Å². The van der Waals surface area contributed by atoms with E-state index in [0.717, 1.165) is 17.7 Å². The van der Waals surface area contributed by atoms with Crippen molar-refractivity contribution in [1.29, 1.82) is 0 Å². The fourth-order valence-electron chi connectivity index (χ4n) is 1.93. The van der Waals surface area contributed by atoms with E-state index in [1.54, 1.807) is 13.0 Å². The van der Waals surface area contributed by atoms with Crippen LogP contribution in [0.5, 0.6) is 5.75 Å². The van der Waals surface area contributed by atoms with E-state index in [1.165, 1.54) is 0 Å². The minimum Gasteiger partial charge on any atom is -0.479 e. The van der Waals surface area contributed by atoms with Crippen molar-refractivity contribution in [3.05, 3.63) is 54.1 Å². The van der Waals surface area contributed by atoms with Crippen LogP contribution in [0.15, 0.2) is 48.5 Å². The third-order valence-electron chi connectivity index (χ3n) is 3.20. The van der Waals surface area contributed by atoms with E-state index in [1.807, 2.05) is 42.5 Å². The first-order valence-corrected chi connectivity index (χ1v) is 7.01. The van der Waals surface area contributed by atoms with Gasteiger partial charge in [0.2, 0.25) is 0 Å². The van der Waals surface area contributed by atoms with Crippen LogP contribution in [0.2, 0.25) is 0 Å². The summed E-state index contributed by atoms with van der Waals surface area (Å²) in [5, 5.41) is 2.80. The van der Waals surface area contributed by atoms with Crippen LogP contribution in [0.4, 0.5) is 11.4 Å². The molecule has 2 aromatic carbocycles. The average Bonchev–Trinajstić information content (AvgIpc) is 2.50. The lowest BCUT2D eigenvalue weighted by Crippen LogP contribution is -2.30. The molecule has 0 aliphatic heterocycles. The number of hydrogen-bond donors (Lipinski definition) is 2. The molecule has 1 amide bonds. The van der Waals surface area contributed by atoms with Crippen molar-refractivity contribution in [2.24, 2.45) is 0 Å². The largest absolute Gasteiger partial charge is 0.479 e. The fourth-order valence-corrected chi connectivity index (χ4v) is 1.93. The van der Waals surface area contributed by atoms with Gasteiger partial charge in [0, 0.05) is 5.69 Å². The number of hydrogen-bond acceptors (Lipinski definition) is 3. The molecule has 21 heavy (non-hydrogen) atoms. The molecule has 4 nitrogen and oxygen atoms in total. The van der Waals surface area contributed by atoms with Crippen LogP contribution in [0.1, 0.15) is 19.4 Å². The molecule has 110 valence electrons. The van der Waals surface area contributed by atoms with E-state index in [-0.39, 0.29) is 5.91 Å². The Morgan fingerprint density at radius 2 is 1.95 bits per heavy atom. The fraction of sp³-hybridized carbons (Fsp3) is 0.235. The van der Waals surface area contributed by atoms with Gasteiger partial charge in [0.1, 0.15) is 5.75 Å². The maximum atomic E-state index is 12.1. The van der Waals surface area contributed by atoms with Crippen LogP contribution < -0.4 is 15.8 Å². The highest BCUT2D eigenvalue weighted by Gasteiger charge is 2.16. The molecule has 0 spiro atoms. The van der Waals surface area contributed by atoms with Gasteiger partial charge in [0.25, 0.3) is 5.91 Å². The van der Waals surface area contributed by atoms with Crippen molar-refractivity contribution in [2.45, 2.75) is 26.4 Å². The topological polar surface area (TPSA) is 64.3 Å². The zero-order valence-corrected chi connectivity index (χ0v) is 12.3. The van der Waals surface area contributed by atoms with E-state index in [4.69, 9.17) is 10.5 Å². The summed E-state index contributed by atoms with van der Waals surface area (Å²) < 4.78 is 5.64. The Labute approximate surface area is 124 Å². The standard InChI is InChI=1S/C17H20N2O2/c1-3-13-9-10-16(15(18)11-13)21-12(2)17(20)19-14-7-5-4-6-8-14/h4-12H,3,18H2,1-2H3,(H,19,20). The van der Waals surface area contributed by atoms with Gasteiger partial charge in [-0.05, 0) is 43.2 Å². The number of para-hydroxylation sites is 1. The lowest BCUT2D eigenvalue weighted by atomic mass is 10.1. The number of carbonyl (C=O) groups excluding carboxylic acids is 1. The Hall–Kier alpha value is -2.49. The van der Waals surface area contributed by atoms with E-state index in [0.29, 0.717) is 11.4 Å². The van der Waals surface area contributed by atoms with Crippen molar-refractivity contribution >= 4 is 17.3 Å². The molecule has 0 aliphatic rings. The molecule has 0 bridgehead atoms. The highest BCUT2D eigenvalue weighted by Crippen LogP contribution is 2.24. The Kier molecular flexibility index (Phi) is 4.82. The van der Waals surface area contributed by atoms with Gasteiger partial charge in [-0.3, -0.25) is 4.79 Å². The molecule has 0 heterocycles. The number of rotatable bonds is 5. The first kappa shape index (κ1) is 14.9. The third kappa shape index (κ3) is 3.99. The lowest BCUT2D eigenvalue weighted by Gasteiger charge is -2.16. The normalized spacial score (nSPS) is 11.7. The Balaban J connectivity index is 2.00. The van der Waals surface area contributed by atoms with Crippen LogP contribution in [0.25, 0.3) is 0 Å². The summed E-state index contributed by atoms with van der Waals surface area (Å²) in [6, 6.07) is 14.9. The number of benzene rings is 2. The molecule has 0 aromatic heterocycles. The minimum absolute atomic E-state index is 0.208. The summed E-state index contributed by atoms with van der Waals surface area (Å²) in [5.41, 5.74) is 8.37. The number of aryl methyl sites for hydroxylation is 1. The molecule has 0 saturated heterocycles. The number of amides is 1. The Morgan fingerprint density at radius 3 is 2.57 bits per heavy atom. The van der Waals surface area contributed by atoms with Crippen LogP contribution in [0.3, 0.4) is 0 Å². The molecule has 0 fully saturated rings. The summed E-state index contributed by atoms with van der Waals surface area (Å²) in [5.74, 6) is 0.322. The SMILES string of the molecule is CCc1ccc(OC(C)C(=O)Nc2ccccc2)c(N)c1. The highest BCUT2D eigenvalue weighted by molar-refractivity contribution is 5.94. The molecule has 4 heteroatoms. The number of nitrogen functional groups attached to an aromatic ring is 1. The number of nitrogens with two attached hydrogens (primary N) is 1. The van der Waals surface area contributed by atoms with Gasteiger partial charge in [0.15, 0.2) is 6.10 Å². The van der Waals surface area contributed by atoms with Crippen molar-refractivity contribution in [2.75, 3.05) is 11.1 Å². The first-order valence-electron chi connectivity index (χ1n) is 7.01. The molecule has 0 radical (unpaired) electrons. The quantitative estimate of drug-likeness (QED) is 0.828. The zero-order valence-electron chi connectivity index (χ0n) is 12.3. The van der Waals surface area contributed by atoms with E-state index in [9.17, 15) is 4.79 Å². The second-order valence-corrected chi connectivity index (χ2v) is 4.84. The highest BCUT2D eigenvalue weighted by atomic mass is 16.5. The molecule has 0 saturated carbocycles. The summed E-state index contributed by atoms with van der Waals surface area (Å²) >= 11 is 0. The predicted octanol–water partition coefficient (Wildman–Crippen LogP) is 3.24. The monoisotopic (exact) mass is 284 g/mol. The van der Waals surface area contributed by atoms with Gasteiger partial charge in [-0.1, -0.05) is 31.2 Å². The molecule has 2 rings (SSSR count). The second-order valence-electron chi connectivity index (χ2n) is 4.84. The van der Waals surface area contributed by atoms with E-state index < -0.39 is 6.10 Å². The molecule has 1 atom stereocenters. The number of carbonyl (C=O) groups is 1. The van der Waals surface area contributed by atoms with Crippen molar-refractivity contribution < 1.29 is 9.53 Å². The molecular weight excluding hydrogens is 264 g/mol. The summed E-state index contributed by atoms with van der Waals surface area (Å²) in [4.78, 5) is 12.1. The zero-order chi connectivity index (χ0) is 15.2. The first-order chi connectivity index (χ1) is 10.1. The van der Waals surface area contributed by atoms with Crippen LogP contribution in [-0.4, -0.2) is 12.0 Å². The lowest BCUT2D eigenvalue weighted by molar-refractivity contribution is -0.122. The summed E-state index contributed by atoms with van der Waals surface area (Å²) in [6.07, 6.45) is 0.286. The molecule has 3 N–H and O–H groups in total. The smallest absolute Gasteiger partial charge is 0.265 e. The second kappa shape index (κ2) is 6.79. The summed E-state index contributed by atoms with van der Waals surface area (Å²) in [7, 11) is 0. The van der Waals surface area contributed by atoms with Gasteiger partial charge in [-0.25, -0.2) is 0 Å². The molecule has 1 unspecified atom stereocenters. The van der Waals surface area contributed by atoms with Crippen molar-refractivity contribution in [3.63, 3.8) is 0 Å². The van der Waals surface area contributed by atoms with Crippen LogP contribution in [0, 0.1) is 0 Å². The average molecular weight is 284 g/mol. The third-order valence-corrected chi connectivity index (χ3v) is 3.20. The van der Waals surface area contributed by atoms with E-state index >= 15 is 0 Å². The van der Waals surface area contributed by atoms with Crippen molar-refractivity contribution in [3.8, 4) is 5.75 Å². The van der Waals surface area contributed by atoms with Crippen molar-refractivity contribution in [1.82, 2.24) is 0 Å². The van der Waals surface area contributed by atoms with Gasteiger partial charge in [-0.2, -0.15) is 0 Å². The minimum atomic E-state index is -0.625. The van der Waals surface area contributed by atoms with Gasteiger partial charge in [0.05, 0.1) is 5.69 Å². The predicted molar refractivity (Wildman–Crippen MR) is 85.4 cm³/mol. The molecule has 0 aliphatic carbocycles. The van der Waals surface area contributed by atoms with Gasteiger partial charge in [-0.15, -0.1) is 0 Å². The maximum Gasteiger partial charge on any atom is 0.265 e. The molecular formula is C17H20N2O2. The Bertz CT molecular complexity index is 611.